The predicted octanol–water partition coefficient (Wildman–Crippen LogP) is 0.469. The number of carboxylic acids is 1. The van der Waals surface area contributed by atoms with Crippen molar-refractivity contribution < 1.29 is 23.1 Å². The van der Waals surface area contributed by atoms with E-state index in [1.807, 2.05) is 11.8 Å². The highest BCUT2D eigenvalue weighted by molar-refractivity contribution is 7.91. The van der Waals surface area contributed by atoms with Crippen molar-refractivity contribution in [3.63, 3.8) is 0 Å². The van der Waals surface area contributed by atoms with Crippen LogP contribution in [-0.2, 0) is 19.6 Å². The van der Waals surface area contributed by atoms with Crippen molar-refractivity contribution in [3.8, 4) is 0 Å². The fourth-order valence-electron chi connectivity index (χ4n) is 2.76. The van der Waals surface area contributed by atoms with Gasteiger partial charge >= 0.3 is 5.97 Å². The van der Waals surface area contributed by atoms with Crippen LogP contribution in [-0.4, -0.2) is 61.5 Å². The number of carboxylic acid groups (broad SMARTS) is 1. The summed E-state index contributed by atoms with van der Waals surface area (Å²) in [6.07, 6.45) is 1.33. The van der Waals surface area contributed by atoms with Gasteiger partial charge in [0.15, 0.2) is 0 Å². The lowest BCUT2D eigenvalue weighted by atomic mass is 9.85. The molecule has 2 rings (SSSR count). The molecule has 0 aromatic carbocycles. The molecule has 140 valence electrons. The maximum Gasteiger partial charge on any atom is 0.317 e. The van der Waals surface area contributed by atoms with Crippen molar-refractivity contribution in [1.82, 2.24) is 14.9 Å². The van der Waals surface area contributed by atoms with Crippen LogP contribution in [0.15, 0.2) is 21.7 Å². The Balaban J connectivity index is 1.80. The van der Waals surface area contributed by atoms with Crippen LogP contribution in [0, 0.1) is 0 Å². The van der Waals surface area contributed by atoms with E-state index in [1.54, 1.807) is 11.4 Å². The molecule has 1 atom stereocenters. The minimum absolute atomic E-state index is 0.0150. The van der Waals surface area contributed by atoms with Crippen LogP contribution >= 0.6 is 11.3 Å². The van der Waals surface area contributed by atoms with Crippen molar-refractivity contribution in [2.75, 3.05) is 13.1 Å². The number of hydrogen-bond acceptors (Lipinski definition) is 6. The molecule has 1 aromatic rings. The Hall–Kier alpha value is -1.49. The molecule has 1 unspecified atom stereocenters. The summed E-state index contributed by atoms with van der Waals surface area (Å²) in [5.41, 5.74) is 0. The van der Waals surface area contributed by atoms with Gasteiger partial charge in [-0.1, -0.05) is 13.0 Å². The molecule has 0 saturated heterocycles. The Bertz CT molecular complexity index is 699. The van der Waals surface area contributed by atoms with E-state index in [9.17, 15) is 18.0 Å². The van der Waals surface area contributed by atoms with E-state index in [4.69, 9.17) is 5.11 Å². The van der Waals surface area contributed by atoms with Crippen LogP contribution in [0.1, 0.15) is 26.7 Å². The molecule has 1 aliphatic rings. The first kappa shape index (κ1) is 19.8. The summed E-state index contributed by atoms with van der Waals surface area (Å²) >= 11 is 1.09. The van der Waals surface area contributed by atoms with Crippen LogP contribution in [0.5, 0.6) is 0 Å². The highest BCUT2D eigenvalue weighted by Gasteiger charge is 2.35. The summed E-state index contributed by atoms with van der Waals surface area (Å²) in [6, 6.07) is 2.30. The first-order chi connectivity index (χ1) is 11.7. The molecule has 1 aliphatic carbocycles. The molecule has 1 aromatic heterocycles. The van der Waals surface area contributed by atoms with E-state index in [-0.39, 0.29) is 28.7 Å². The highest BCUT2D eigenvalue weighted by atomic mass is 32.2. The van der Waals surface area contributed by atoms with Gasteiger partial charge in [-0.3, -0.25) is 14.5 Å². The summed E-state index contributed by atoms with van der Waals surface area (Å²) in [4.78, 5) is 24.8. The van der Waals surface area contributed by atoms with E-state index < -0.39 is 22.0 Å². The van der Waals surface area contributed by atoms with Crippen LogP contribution in [0.2, 0.25) is 0 Å². The molecule has 8 nitrogen and oxygen atoms in total. The number of nitrogens with zero attached hydrogens (tertiary/aromatic N) is 1. The van der Waals surface area contributed by atoms with Gasteiger partial charge in [-0.15, -0.1) is 11.3 Å². The number of aliphatic carboxylic acids is 1. The zero-order valence-electron chi connectivity index (χ0n) is 14.1. The molecule has 10 heteroatoms. The van der Waals surface area contributed by atoms with Gasteiger partial charge in [0, 0.05) is 12.1 Å². The average Bonchev–Trinajstić information content (AvgIpc) is 3.02. The van der Waals surface area contributed by atoms with Crippen LogP contribution in [0.4, 0.5) is 0 Å². The Kier molecular flexibility index (Phi) is 6.55. The number of hydrogen-bond donors (Lipinski definition) is 3. The summed E-state index contributed by atoms with van der Waals surface area (Å²) in [6.45, 7) is 4.02. The van der Waals surface area contributed by atoms with E-state index in [2.05, 4.69) is 10.0 Å². The Morgan fingerprint density at radius 3 is 2.64 bits per heavy atom. The van der Waals surface area contributed by atoms with Gasteiger partial charge in [0.05, 0.1) is 12.6 Å². The second-order valence-corrected chi connectivity index (χ2v) is 8.95. The molecule has 0 spiro atoms. The number of nitrogens with one attached hydrogen (secondary N) is 2. The molecule has 1 heterocycles. The lowest BCUT2D eigenvalue weighted by molar-refractivity contribution is -0.139. The fraction of sp³-hybridized carbons (Fsp3) is 0.600. The summed E-state index contributed by atoms with van der Waals surface area (Å²) in [7, 11) is -3.69. The minimum Gasteiger partial charge on any atom is -0.480 e. The lowest BCUT2D eigenvalue weighted by Gasteiger charge is -2.42. The Morgan fingerprint density at radius 1 is 1.44 bits per heavy atom. The predicted molar refractivity (Wildman–Crippen MR) is 93.9 cm³/mol. The van der Waals surface area contributed by atoms with Crippen molar-refractivity contribution in [2.24, 2.45) is 0 Å². The van der Waals surface area contributed by atoms with Gasteiger partial charge in [0.2, 0.25) is 5.91 Å². The number of sulfonamides is 1. The van der Waals surface area contributed by atoms with Crippen LogP contribution in [0.25, 0.3) is 0 Å². The Labute approximate surface area is 151 Å². The molecular formula is C15H23N3O5S2. The average molecular weight is 389 g/mol. The summed E-state index contributed by atoms with van der Waals surface area (Å²) in [5.74, 6) is -1.25. The molecule has 25 heavy (non-hydrogen) atoms. The standard InChI is InChI=1S/C15H23N3O5S2/c1-3-18(9-13(19)20)12-7-11(8-12)16-15(21)10(2)17-25(22,23)14-5-4-6-24-14/h4-6,10-12,17H,3,7-9H2,1-2H3,(H,16,21)(H,19,20). The van der Waals surface area contributed by atoms with E-state index in [0.717, 1.165) is 11.3 Å². The van der Waals surface area contributed by atoms with Crippen molar-refractivity contribution in [2.45, 2.75) is 49.0 Å². The third-order valence-corrected chi connectivity index (χ3v) is 7.14. The minimum atomic E-state index is -3.69. The first-order valence-corrected chi connectivity index (χ1v) is 10.4. The van der Waals surface area contributed by atoms with Crippen molar-refractivity contribution in [1.29, 1.82) is 0 Å². The monoisotopic (exact) mass is 389 g/mol. The molecule has 0 aliphatic heterocycles. The molecule has 1 fully saturated rings. The van der Waals surface area contributed by atoms with Gasteiger partial charge in [-0.05, 0) is 37.8 Å². The second kappa shape index (κ2) is 8.26. The molecule has 0 radical (unpaired) electrons. The van der Waals surface area contributed by atoms with E-state index in [0.29, 0.717) is 19.4 Å². The van der Waals surface area contributed by atoms with Gasteiger partial charge < -0.3 is 10.4 Å². The van der Waals surface area contributed by atoms with Crippen LogP contribution in [0.3, 0.4) is 0 Å². The first-order valence-electron chi connectivity index (χ1n) is 8.05. The number of amides is 1. The fourth-order valence-corrected chi connectivity index (χ4v) is 4.98. The molecule has 1 saturated carbocycles. The molecule has 1 amide bonds. The number of carbonyl (C=O) groups is 2. The van der Waals surface area contributed by atoms with Crippen molar-refractivity contribution in [3.05, 3.63) is 17.5 Å². The molecule has 0 bridgehead atoms. The summed E-state index contributed by atoms with van der Waals surface area (Å²) in [5, 5.41) is 13.3. The van der Waals surface area contributed by atoms with Gasteiger partial charge in [0.1, 0.15) is 4.21 Å². The number of rotatable bonds is 9. The third-order valence-electron chi connectivity index (χ3n) is 4.21. The van der Waals surface area contributed by atoms with Crippen molar-refractivity contribution >= 4 is 33.2 Å². The third kappa shape index (κ3) is 5.24. The van der Waals surface area contributed by atoms with E-state index in [1.165, 1.54) is 13.0 Å². The van der Waals surface area contributed by atoms with Gasteiger partial charge in [-0.2, -0.15) is 4.72 Å². The topological polar surface area (TPSA) is 116 Å². The maximum absolute atomic E-state index is 12.2. The maximum atomic E-state index is 12.2. The Morgan fingerprint density at radius 2 is 2.12 bits per heavy atom. The number of thiophene rings is 1. The lowest BCUT2D eigenvalue weighted by Crippen LogP contribution is -2.57. The van der Waals surface area contributed by atoms with Gasteiger partial charge in [0.25, 0.3) is 10.0 Å². The SMILES string of the molecule is CCN(CC(=O)O)C1CC(NC(=O)C(C)NS(=O)(=O)c2cccs2)C1. The molecular weight excluding hydrogens is 366 g/mol. The van der Waals surface area contributed by atoms with E-state index >= 15 is 0 Å². The quantitative estimate of drug-likeness (QED) is 0.565. The van der Waals surface area contributed by atoms with Gasteiger partial charge in [-0.25, -0.2) is 8.42 Å². The molecule has 3 N–H and O–H groups in total. The normalized spacial score (nSPS) is 21.6. The number of carbonyl (C=O) groups excluding carboxylic acids is 1. The second-order valence-electron chi connectivity index (χ2n) is 6.06. The smallest absolute Gasteiger partial charge is 0.317 e. The summed E-state index contributed by atoms with van der Waals surface area (Å²) < 4.78 is 26.8. The van der Waals surface area contributed by atoms with Crippen LogP contribution < -0.4 is 10.0 Å². The zero-order chi connectivity index (χ0) is 18.6. The largest absolute Gasteiger partial charge is 0.480 e. The zero-order valence-corrected chi connectivity index (χ0v) is 15.8. The highest BCUT2D eigenvalue weighted by Crippen LogP contribution is 2.25. The number of likely N-dealkylation sites (N-methyl/N-ethyl adjacent to an activating group) is 1.